The van der Waals surface area contributed by atoms with Crippen molar-refractivity contribution in [3.8, 4) is 0 Å². The smallest absolute Gasteiger partial charge is 0.254 e. The molecule has 6 heteroatoms. The van der Waals surface area contributed by atoms with Gasteiger partial charge < -0.3 is 9.80 Å². The lowest BCUT2D eigenvalue weighted by Gasteiger charge is -2.21. The second kappa shape index (κ2) is 7.36. The van der Waals surface area contributed by atoms with Crippen LogP contribution in [0.25, 0.3) is 0 Å². The predicted molar refractivity (Wildman–Crippen MR) is 97.8 cm³/mol. The van der Waals surface area contributed by atoms with Crippen molar-refractivity contribution in [3.63, 3.8) is 0 Å². The van der Waals surface area contributed by atoms with Crippen molar-refractivity contribution in [2.45, 2.75) is 26.3 Å². The fraction of sp³-hybridized carbons (Fsp3) is 0.333. The summed E-state index contributed by atoms with van der Waals surface area (Å²) in [5, 5.41) is 0. The molecule has 0 bridgehead atoms. The van der Waals surface area contributed by atoms with Crippen LogP contribution in [-0.2, 0) is 11.3 Å². The van der Waals surface area contributed by atoms with Crippen molar-refractivity contribution < 1.29 is 9.59 Å². The Morgan fingerprint density at radius 1 is 1.25 bits per heavy atom. The second-order valence-electron chi connectivity index (χ2n) is 5.72. The molecule has 0 atom stereocenters. The maximum Gasteiger partial charge on any atom is 0.254 e. The largest absolute Gasteiger partial charge is 0.334 e. The van der Waals surface area contributed by atoms with Gasteiger partial charge in [-0.25, -0.2) is 0 Å². The highest BCUT2D eigenvalue weighted by molar-refractivity contribution is 7.16. The van der Waals surface area contributed by atoms with Crippen molar-refractivity contribution in [1.29, 1.82) is 0 Å². The van der Waals surface area contributed by atoms with Crippen molar-refractivity contribution in [2.24, 2.45) is 0 Å². The second-order valence-corrected chi connectivity index (χ2v) is 7.52. The Kier molecular flexibility index (Phi) is 5.21. The van der Waals surface area contributed by atoms with Gasteiger partial charge in [-0.1, -0.05) is 11.6 Å². The van der Waals surface area contributed by atoms with Crippen LogP contribution in [0.4, 0.5) is 5.69 Å². The summed E-state index contributed by atoms with van der Waals surface area (Å²) < 4.78 is 0.730. The molecule has 0 aliphatic carbocycles. The van der Waals surface area contributed by atoms with E-state index in [1.54, 1.807) is 21.9 Å². The zero-order valence-electron chi connectivity index (χ0n) is 13.5. The van der Waals surface area contributed by atoms with E-state index in [9.17, 15) is 9.59 Å². The first-order chi connectivity index (χ1) is 11.6. The van der Waals surface area contributed by atoms with E-state index in [-0.39, 0.29) is 11.8 Å². The monoisotopic (exact) mass is 362 g/mol. The average Bonchev–Trinajstić information content (AvgIpc) is 3.20. The third kappa shape index (κ3) is 3.62. The molecule has 2 heterocycles. The molecule has 0 N–H and O–H groups in total. The Morgan fingerprint density at radius 3 is 2.54 bits per heavy atom. The molecule has 3 rings (SSSR count). The number of hydrogen-bond donors (Lipinski definition) is 0. The number of benzene rings is 1. The number of carbonyl (C=O) groups excluding carboxylic acids is 2. The van der Waals surface area contributed by atoms with Crippen LogP contribution >= 0.6 is 22.9 Å². The van der Waals surface area contributed by atoms with E-state index in [2.05, 4.69) is 0 Å². The SMILES string of the molecule is CCN(Cc1ccc(Cl)s1)C(=O)c1ccc(N2CCCC2=O)cc1. The summed E-state index contributed by atoms with van der Waals surface area (Å²) >= 11 is 7.45. The molecule has 1 fully saturated rings. The van der Waals surface area contributed by atoms with Crippen LogP contribution in [0.15, 0.2) is 36.4 Å². The minimum Gasteiger partial charge on any atom is -0.334 e. The summed E-state index contributed by atoms with van der Waals surface area (Å²) in [5.41, 5.74) is 1.50. The van der Waals surface area contributed by atoms with Crippen molar-refractivity contribution >= 4 is 40.4 Å². The molecule has 2 aromatic rings. The standard InChI is InChI=1S/C18H19ClN2O2S/c1-2-20(12-15-9-10-16(19)24-15)18(23)13-5-7-14(8-6-13)21-11-3-4-17(21)22/h5-10H,2-4,11-12H2,1H3. The molecule has 0 saturated carbocycles. The van der Waals surface area contributed by atoms with Crippen LogP contribution in [-0.4, -0.2) is 29.8 Å². The summed E-state index contributed by atoms with van der Waals surface area (Å²) in [5.74, 6) is 0.139. The van der Waals surface area contributed by atoms with Crippen LogP contribution in [0, 0.1) is 0 Å². The van der Waals surface area contributed by atoms with Gasteiger partial charge in [-0.3, -0.25) is 9.59 Å². The number of halogens is 1. The molecule has 1 aliphatic heterocycles. The predicted octanol–water partition coefficient (Wildman–Crippen LogP) is 4.19. The molecule has 0 spiro atoms. The van der Waals surface area contributed by atoms with Crippen molar-refractivity contribution in [3.05, 3.63) is 51.2 Å². The van der Waals surface area contributed by atoms with Crippen molar-refractivity contribution in [1.82, 2.24) is 4.90 Å². The van der Waals surface area contributed by atoms with Crippen LogP contribution in [0.2, 0.25) is 4.34 Å². The number of amides is 2. The van der Waals surface area contributed by atoms with Gasteiger partial charge in [0.15, 0.2) is 0 Å². The molecule has 1 aromatic carbocycles. The first-order valence-electron chi connectivity index (χ1n) is 8.02. The highest BCUT2D eigenvalue weighted by atomic mass is 35.5. The molecule has 0 unspecified atom stereocenters. The average molecular weight is 363 g/mol. The lowest BCUT2D eigenvalue weighted by Crippen LogP contribution is -2.30. The van der Waals surface area contributed by atoms with E-state index >= 15 is 0 Å². The summed E-state index contributed by atoms with van der Waals surface area (Å²) in [7, 11) is 0. The summed E-state index contributed by atoms with van der Waals surface area (Å²) in [4.78, 5) is 29.1. The summed E-state index contributed by atoms with van der Waals surface area (Å²) in [6, 6.07) is 11.1. The maximum atomic E-state index is 12.7. The van der Waals surface area contributed by atoms with E-state index < -0.39 is 0 Å². The van der Waals surface area contributed by atoms with E-state index in [0.717, 1.165) is 27.9 Å². The number of thiophene rings is 1. The Labute approximate surface area is 150 Å². The van der Waals surface area contributed by atoms with Crippen LogP contribution in [0.5, 0.6) is 0 Å². The van der Waals surface area contributed by atoms with Crippen molar-refractivity contribution in [2.75, 3.05) is 18.0 Å². The Balaban J connectivity index is 1.72. The molecule has 1 aromatic heterocycles. The highest BCUT2D eigenvalue weighted by Crippen LogP contribution is 2.24. The first kappa shape index (κ1) is 17.0. The molecule has 2 amide bonds. The van der Waals surface area contributed by atoms with E-state index in [1.807, 2.05) is 31.2 Å². The molecule has 24 heavy (non-hydrogen) atoms. The molecular formula is C18H19ClN2O2S. The number of nitrogens with zero attached hydrogens (tertiary/aromatic N) is 2. The van der Waals surface area contributed by atoms with Crippen LogP contribution < -0.4 is 4.90 Å². The number of rotatable bonds is 5. The number of hydrogen-bond acceptors (Lipinski definition) is 3. The fourth-order valence-electron chi connectivity index (χ4n) is 2.84. The summed E-state index contributed by atoms with van der Waals surface area (Å²) in [6.07, 6.45) is 1.50. The normalized spacial score (nSPS) is 14.2. The van der Waals surface area contributed by atoms with Gasteiger partial charge in [-0.15, -0.1) is 11.3 Å². The Hall–Kier alpha value is -1.85. The van der Waals surface area contributed by atoms with Crippen LogP contribution in [0.1, 0.15) is 35.0 Å². The highest BCUT2D eigenvalue weighted by Gasteiger charge is 2.22. The third-order valence-electron chi connectivity index (χ3n) is 4.14. The van der Waals surface area contributed by atoms with Gasteiger partial charge in [0.25, 0.3) is 5.91 Å². The molecule has 1 aliphatic rings. The molecular weight excluding hydrogens is 344 g/mol. The van der Waals surface area contributed by atoms with Gasteiger partial charge in [-0.05, 0) is 49.7 Å². The fourth-order valence-corrected chi connectivity index (χ4v) is 3.94. The third-order valence-corrected chi connectivity index (χ3v) is 5.36. The first-order valence-corrected chi connectivity index (χ1v) is 9.22. The van der Waals surface area contributed by atoms with E-state index in [1.165, 1.54) is 11.3 Å². The van der Waals surface area contributed by atoms with Gasteiger partial charge in [0.1, 0.15) is 0 Å². The molecule has 1 saturated heterocycles. The zero-order valence-corrected chi connectivity index (χ0v) is 15.1. The van der Waals surface area contributed by atoms with Crippen LogP contribution in [0.3, 0.4) is 0 Å². The summed E-state index contributed by atoms with van der Waals surface area (Å²) in [6.45, 7) is 3.90. The maximum absolute atomic E-state index is 12.7. The topological polar surface area (TPSA) is 40.6 Å². The number of carbonyl (C=O) groups is 2. The minimum atomic E-state index is -0.0127. The lowest BCUT2D eigenvalue weighted by atomic mass is 10.1. The quantitative estimate of drug-likeness (QED) is 0.800. The van der Waals surface area contributed by atoms with E-state index in [4.69, 9.17) is 11.6 Å². The van der Waals surface area contributed by atoms with Gasteiger partial charge in [-0.2, -0.15) is 0 Å². The van der Waals surface area contributed by atoms with E-state index in [0.29, 0.717) is 25.1 Å². The molecule has 0 radical (unpaired) electrons. The number of anilines is 1. The van der Waals surface area contributed by atoms with Gasteiger partial charge >= 0.3 is 0 Å². The minimum absolute atomic E-state index is 0.0127. The Morgan fingerprint density at radius 2 is 2.00 bits per heavy atom. The van der Waals surface area contributed by atoms with Gasteiger partial charge in [0, 0.05) is 35.6 Å². The zero-order chi connectivity index (χ0) is 17.1. The van der Waals surface area contributed by atoms with Gasteiger partial charge in [0.05, 0.1) is 10.9 Å². The van der Waals surface area contributed by atoms with Gasteiger partial charge in [0.2, 0.25) is 5.91 Å². The molecule has 126 valence electrons. The lowest BCUT2D eigenvalue weighted by molar-refractivity contribution is -0.117. The Bertz CT molecular complexity index is 742. The molecule has 4 nitrogen and oxygen atoms in total.